The van der Waals surface area contributed by atoms with Gasteiger partial charge in [0, 0.05) is 17.2 Å². The van der Waals surface area contributed by atoms with Crippen LogP contribution in [-0.2, 0) is 19.1 Å². The molecule has 2 rings (SSSR count). The standard InChI is InChI=1S/C16H13F2NO4S/c1-22-15(20)10-5-3-4-6-19(13(10)16(21)23-2)14-11(18)7-9(17)8-12(14)24/h3-8,24H,1-2H3. The zero-order valence-electron chi connectivity index (χ0n) is 12.7. The van der Waals surface area contributed by atoms with Crippen molar-refractivity contribution in [2.24, 2.45) is 0 Å². The van der Waals surface area contributed by atoms with Crippen LogP contribution >= 0.6 is 12.6 Å². The molecule has 0 spiro atoms. The van der Waals surface area contributed by atoms with Crippen LogP contribution in [0.15, 0.2) is 52.7 Å². The molecule has 0 aromatic heterocycles. The monoisotopic (exact) mass is 353 g/mol. The van der Waals surface area contributed by atoms with Crippen LogP contribution in [0.2, 0.25) is 0 Å². The molecule has 1 heterocycles. The van der Waals surface area contributed by atoms with Crippen LogP contribution in [-0.4, -0.2) is 26.2 Å². The third-order valence-corrected chi connectivity index (χ3v) is 3.48. The number of carbonyl (C=O) groups excluding carboxylic acids is 2. The predicted molar refractivity (Wildman–Crippen MR) is 85.4 cm³/mol. The maximum atomic E-state index is 14.3. The van der Waals surface area contributed by atoms with Crippen LogP contribution in [0.1, 0.15) is 0 Å². The van der Waals surface area contributed by atoms with Crippen LogP contribution in [0.5, 0.6) is 0 Å². The predicted octanol–water partition coefficient (Wildman–Crippen LogP) is 2.74. The fourth-order valence-electron chi connectivity index (χ4n) is 2.13. The van der Waals surface area contributed by atoms with E-state index in [1.54, 1.807) is 0 Å². The molecule has 8 heteroatoms. The molecule has 0 radical (unpaired) electrons. The van der Waals surface area contributed by atoms with Crippen molar-refractivity contribution >= 4 is 30.3 Å². The van der Waals surface area contributed by atoms with Crippen molar-refractivity contribution < 1.29 is 27.8 Å². The number of esters is 2. The number of allylic oxidation sites excluding steroid dienone is 2. The van der Waals surface area contributed by atoms with Crippen molar-refractivity contribution in [1.29, 1.82) is 0 Å². The second kappa shape index (κ2) is 7.31. The van der Waals surface area contributed by atoms with Gasteiger partial charge in [-0.15, -0.1) is 12.6 Å². The summed E-state index contributed by atoms with van der Waals surface area (Å²) in [6.07, 6.45) is 5.59. The normalized spacial score (nSPS) is 13.8. The Bertz CT molecular complexity index is 763. The average Bonchev–Trinajstić information content (AvgIpc) is 2.75. The molecule has 0 amide bonds. The SMILES string of the molecule is COC(=O)C1=C(C(=O)OC)N(c2c(F)cc(F)cc2S)C=CC=C1. The van der Waals surface area contributed by atoms with Gasteiger partial charge in [0.25, 0.3) is 0 Å². The molecular weight excluding hydrogens is 340 g/mol. The van der Waals surface area contributed by atoms with Gasteiger partial charge in [-0.25, -0.2) is 18.4 Å². The van der Waals surface area contributed by atoms with Gasteiger partial charge in [-0.1, -0.05) is 6.08 Å². The molecular formula is C16H13F2NO4S. The number of rotatable bonds is 3. The topological polar surface area (TPSA) is 55.8 Å². The number of carbonyl (C=O) groups is 2. The first-order chi connectivity index (χ1) is 11.4. The number of thiol groups is 1. The van der Waals surface area contributed by atoms with Crippen LogP contribution in [0.4, 0.5) is 14.5 Å². The lowest BCUT2D eigenvalue weighted by Gasteiger charge is -2.24. The minimum absolute atomic E-state index is 0.0651. The van der Waals surface area contributed by atoms with Gasteiger partial charge < -0.3 is 14.4 Å². The smallest absolute Gasteiger partial charge is 0.355 e. The Morgan fingerprint density at radius 1 is 1.08 bits per heavy atom. The van der Waals surface area contributed by atoms with Crippen LogP contribution in [0.3, 0.4) is 0 Å². The first kappa shape index (κ1) is 17.7. The second-order valence-electron chi connectivity index (χ2n) is 4.57. The molecule has 1 aromatic carbocycles. The highest BCUT2D eigenvalue weighted by Crippen LogP contribution is 2.34. The molecule has 126 valence electrons. The van der Waals surface area contributed by atoms with Gasteiger partial charge in [-0.2, -0.15) is 0 Å². The van der Waals surface area contributed by atoms with E-state index in [0.29, 0.717) is 6.07 Å². The van der Waals surface area contributed by atoms with Gasteiger partial charge in [0.05, 0.1) is 25.5 Å². The highest BCUT2D eigenvalue weighted by Gasteiger charge is 2.30. The lowest BCUT2D eigenvalue weighted by Crippen LogP contribution is -2.28. The third-order valence-electron chi connectivity index (χ3n) is 3.14. The van der Waals surface area contributed by atoms with E-state index in [2.05, 4.69) is 22.1 Å². The van der Waals surface area contributed by atoms with Crippen LogP contribution in [0, 0.1) is 11.6 Å². The Labute approximate surface area is 142 Å². The maximum absolute atomic E-state index is 14.3. The molecule has 0 fully saturated rings. The Balaban J connectivity index is 2.75. The van der Waals surface area contributed by atoms with E-state index in [0.717, 1.165) is 25.2 Å². The van der Waals surface area contributed by atoms with Crippen molar-refractivity contribution in [1.82, 2.24) is 0 Å². The highest BCUT2D eigenvalue weighted by molar-refractivity contribution is 7.80. The molecule has 1 aliphatic rings. The number of nitrogens with zero attached hydrogens (tertiary/aromatic N) is 1. The summed E-state index contributed by atoms with van der Waals surface area (Å²) >= 11 is 4.06. The van der Waals surface area contributed by atoms with E-state index < -0.39 is 23.6 Å². The Morgan fingerprint density at radius 2 is 1.75 bits per heavy atom. The number of benzene rings is 1. The van der Waals surface area contributed by atoms with E-state index in [1.165, 1.54) is 24.4 Å². The Kier molecular flexibility index (Phi) is 5.40. The van der Waals surface area contributed by atoms with Crippen molar-refractivity contribution in [3.8, 4) is 0 Å². The molecule has 5 nitrogen and oxygen atoms in total. The van der Waals surface area contributed by atoms with Gasteiger partial charge in [-0.05, 0) is 18.2 Å². The summed E-state index contributed by atoms with van der Waals surface area (Å²) in [7, 11) is 2.26. The lowest BCUT2D eigenvalue weighted by atomic mass is 10.1. The summed E-state index contributed by atoms with van der Waals surface area (Å²) in [5, 5.41) is 0. The van der Waals surface area contributed by atoms with Crippen molar-refractivity contribution in [3.63, 3.8) is 0 Å². The molecule has 0 saturated carbocycles. The first-order valence-corrected chi connectivity index (χ1v) is 7.08. The van der Waals surface area contributed by atoms with Gasteiger partial charge in [0.1, 0.15) is 11.5 Å². The summed E-state index contributed by atoms with van der Waals surface area (Å²) in [4.78, 5) is 25.2. The van der Waals surface area contributed by atoms with Gasteiger partial charge in [-0.3, -0.25) is 0 Å². The molecule has 1 aromatic rings. The van der Waals surface area contributed by atoms with Crippen LogP contribution < -0.4 is 4.90 Å². The molecule has 0 atom stereocenters. The summed E-state index contributed by atoms with van der Waals surface area (Å²) in [6.45, 7) is 0. The zero-order valence-corrected chi connectivity index (χ0v) is 13.6. The zero-order chi connectivity index (χ0) is 17.9. The van der Waals surface area contributed by atoms with E-state index in [1.807, 2.05) is 0 Å². The van der Waals surface area contributed by atoms with Crippen molar-refractivity contribution in [2.45, 2.75) is 4.90 Å². The highest BCUT2D eigenvalue weighted by atomic mass is 32.1. The fraction of sp³-hybridized carbons (Fsp3) is 0.125. The molecule has 1 aliphatic heterocycles. The summed E-state index contributed by atoms with van der Waals surface area (Å²) < 4.78 is 37.0. The minimum atomic E-state index is -0.961. The van der Waals surface area contributed by atoms with Gasteiger partial charge in [0.15, 0.2) is 5.82 Å². The Hall–Kier alpha value is -2.61. The average molecular weight is 353 g/mol. The van der Waals surface area contributed by atoms with Gasteiger partial charge in [0.2, 0.25) is 0 Å². The molecule has 0 aliphatic carbocycles. The number of anilines is 1. The van der Waals surface area contributed by atoms with E-state index >= 15 is 0 Å². The summed E-state index contributed by atoms with van der Waals surface area (Å²) in [5.74, 6) is -3.50. The van der Waals surface area contributed by atoms with E-state index in [4.69, 9.17) is 0 Å². The first-order valence-electron chi connectivity index (χ1n) is 6.63. The molecule has 24 heavy (non-hydrogen) atoms. The molecule has 0 bridgehead atoms. The van der Waals surface area contributed by atoms with Crippen molar-refractivity contribution in [3.05, 3.63) is 59.5 Å². The Morgan fingerprint density at radius 3 is 2.33 bits per heavy atom. The van der Waals surface area contributed by atoms with E-state index in [-0.39, 0.29) is 21.9 Å². The summed E-state index contributed by atoms with van der Waals surface area (Å²) in [6, 6.07) is 1.63. The largest absolute Gasteiger partial charge is 0.465 e. The fourth-order valence-corrected chi connectivity index (χ4v) is 2.47. The maximum Gasteiger partial charge on any atom is 0.355 e. The molecule has 0 saturated heterocycles. The lowest BCUT2D eigenvalue weighted by molar-refractivity contribution is -0.139. The number of hydrogen-bond acceptors (Lipinski definition) is 6. The van der Waals surface area contributed by atoms with Gasteiger partial charge >= 0.3 is 11.9 Å². The summed E-state index contributed by atoms with van der Waals surface area (Å²) in [5.41, 5.74) is -0.637. The third kappa shape index (κ3) is 3.33. The second-order valence-corrected chi connectivity index (χ2v) is 5.05. The molecule has 0 unspecified atom stereocenters. The number of hydrogen-bond donors (Lipinski definition) is 1. The van der Waals surface area contributed by atoms with Crippen LogP contribution in [0.25, 0.3) is 0 Å². The number of ether oxygens (including phenoxy) is 2. The molecule has 0 N–H and O–H groups in total. The van der Waals surface area contributed by atoms with E-state index in [9.17, 15) is 18.4 Å². The minimum Gasteiger partial charge on any atom is -0.465 e. The number of halogens is 2. The van der Waals surface area contributed by atoms with Crippen molar-refractivity contribution in [2.75, 3.05) is 19.1 Å². The number of methoxy groups -OCH3 is 2. The quantitative estimate of drug-likeness (QED) is 0.669.